The van der Waals surface area contributed by atoms with Gasteiger partial charge in [-0.2, -0.15) is 13.2 Å². The normalized spacial score (nSPS) is 21.3. The van der Waals surface area contributed by atoms with Gasteiger partial charge in [0.1, 0.15) is 24.1 Å². The van der Waals surface area contributed by atoms with Crippen molar-refractivity contribution in [2.45, 2.75) is 37.8 Å². The zero-order valence-electron chi connectivity index (χ0n) is 14.0. The van der Waals surface area contributed by atoms with E-state index in [4.69, 9.17) is 4.42 Å². The molecule has 2 aromatic rings. The highest BCUT2D eigenvalue weighted by Gasteiger charge is 2.51. The number of hydrogen-bond acceptors (Lipinski definition) is 5. The van der Waals surface area contributed by atoms with Crippen LogP contribution < -0.4 is 5.32 Å². The molecular formula is C16H15F5N4O2. The van der Waals surface area contributed by atoms with Crippen molar-refractivity contribution in [1.82, 2.24) is 15.1 Å². The van der Waals surface area contributed by atoms with Crippen LogP contribution in [0.5, 0.6) is 0 Å². The van der Waals surface area contributed by atoms with E-state index in [1.165, 1.54) is 31.2 Å². The Balaban J connectivity index is 1.69. The molecule has 1 aliphatic rings. The summed E-state index contributed by atoms with van der Waals surface area (Å²) in [5, 5.41) is 9.90. The molecule has 3 atom stereocenters. The Morgan fingerprint density at radius 2 is 1.96 bits per heavy atom. The maximum Gasteiger partial charge on any atom is 0.408 e. The smallest absolute Gasteiger partial charge is 0.403 e. The van der Waals surface area contributed by atoms with Gasteiger partial charge in [-0.1, -0.05) is 5.10 Å². The number of nitrogens with zero attached hydrogens (tertiary/aromatic N) is 3. The Hall–Kier alpha value is -2.72. The third kappa shape index (κ3) is 4.17. The summed E-state index contributed by atoms with van der Waals surface area (Å²) in [5.74, 6) is -1.35. The van der Waals surface area contributed by atoms with Crippen molar-refractivity contribution < 1.29 is 31.2 Å². The predicted molar refractivity (Wildman–Crippen MR) is 83.8 cm³/mol. The molecule has 0 radical (unpaired) electrons. The molecule has 1 N–H and O–H groups in total. The lowest BCUT2D eigenvalue weighted by Gasteiger charge is -2.28. The quantitative estimate of drug-likeness (QED) is 0.812. The van der Waals surface area contributed by atoms with Crippen LogP contribution in [0.2, 0.25) is 0 Å². The minimum absolute atomic E-state index is 0.0373. The number of hydrogen-bond donors (Lipinski definition) is 1. The number of aromatic nitrogens is 2. The van der Waals surface area contributed by atoms with Gasteiger partial charge in [0, 0.05) is 12.0 Å². The van der Waals surface area contributed by atoms with Crippen LogP contribution in [0.15, 0.2) is 28.7 Å². The first kappa shape index (κ1) is 19.1. The van der Waals surface area contributed by atoms with E-state index in [1.807, 2.05) is 0 Å². The number of anilines is 1. The summed E-state index contributed by atoms with van der Waals surface area (Å²) in [6.45, 7) is 0.683. The number of amides is 1. The minimum atomic E-state index is -4.71. The van der Waals surface area contributed by atoms with Crippen molar-refractivity contribution >= 4 is 11.9 Å². The number of nitrogens with one attached hydrogen (secondary N) is 1. The van der Waals surface area contributed by atoms with Crippen molar-refractivity contribution in [3.05, 3.63) is 30.1 Å². The van der Waals surface area contributed by atoms with Gasteiger partial charge in [0.2, 0.25) is 11.8 Å². The number of alkyl halides is 4. The first-order valence-corrected chi connectivity index (χ1v) is 8.02. The number of likely N-dealkylation sites (tertiary alicyclic amines) is 1. The van der Waals surface area contributed by atoms with Crippen molar-refractivity contribution in [1.29, 1.82) is 0 Å². The van der Waals surface area contributed by atoms with Gasteiger partial charge in [0.05, 0.1) is 6.54 Å². The zero-order chi connectivity index (χ0) is 19.8. The van der Waals surface area contributed by atoms with Crippen LogP contribution in [0.3, 0.4) is 0 Å². The Bertz CT molecular complexity index is 808. The topological polar surface area (TPSA) is 71.3 Å². The molecule has 146 valence electrons. The predicted octanol–water partition coefficient (Wildman–Crippen LogP) is 3.18. The van der Waals surface area contributed by atoms with Gasteiger partial charge in [0.25, 0.3) is 0 Å². The lowest BCUT2D eigenvalue weighted by molar-refractivity contribution is -0.183. The molecule has 1 aromatic heterocycles. The first-order chi connectivity index (χ1) is 12.6. The number of halogens is 5. The molecule has 1 amide bonds. The minimum Gasteiger partial charge on any atom is -0.403 e. The number of rotatable bonds is 4. The number of benzene rings is 1. The third-order valence-electron chi connectivity index (χ3n) is 4.14. The highest BCUT2D eigenvalue weighted by Crippen LogP contribution is 2.34. The average Bonchev–Trinajstić information content (AvgIpc) is 3.21. The molecule has 27 heavy (non-hydrogen) atoms. The molecule has 6 nitrogen and oxygen atoms in total. The van der Waals surface area contributed by atoms with Gasteiger partial charge in [0.15, 0.2) is 0 Å². The average molecular weight is 390 g/mol. The lowest BCUT2D eigenvalue weighted by atomic mass is 10.2. The van der Waals surface area contributed by atoms with Gasteiger partial charge >= 0.3 is 12.2 Å². The zero-order valence-corrected chi connectivity index (χ0v) is 14.0. The van der Waals surface area contributed by atoms with E-state index in [1.54, 1.807) is 0 Å². The van der Waals surface area contributed by atoms with Crippen LogP contribution in [0, 0.1) is 5.82 Å². The van der Waals surface area contributed by atoms with E-state index in [-0.39, 0.29) is 11.9 Å². The molecule has 1 aromatic carbocycles. The van der Waals surface area contributed by atoms with Crippen molar-refractivity contribution in [3.8, 4) is 11.5 Å². The maximum absolute atomic E-state index is 13.4. The van der Waals surface area contributed by atoms with Crippen molar-refractivity contribution in [2.24, 2.45) is 0 Å². The molecule has 1 saturated heterocycles. The Kier molecular flexibility index (Phi) is 5.03. The fourth-order valence-corrected chi connectivity index (χ4v) is 2.82. The van der Waals surface area contributed by atoms with Crippen LogP contribution in [0.1, 0.15) is 13.3 Å². The standard InChI is InChI=1S/C16H15F5N4O2/c1-8(14(26)25-7-11(18)6-12(25)16(19,20)21)22-15-24-23-13(27-15)9-2-4-10(17)5-3-9/h2-5,8,11-12H,6-7H2,1H3,(H,22,24)/t8-,11+,12-/m1/s1. The number of carbonyl (C=O) groups excluding carboxylic acids is 1. The Morgan fingerprint density at radius 1 is 1.30 bits per heavy atom. The first-order valence-electron chi connectivity index (χ1n) is 8.02. The van der Waals surface area contributed by atoms with E-state index in [0.717, 1.165) is 0 Å². The van der Waals surface area contributed by atoms with Gasteiger partial charge in [-0.25, -0.2) is 8.78 Å². The molecule has 0 unspecified atom stereocenters. The van der Waals surface area contributed by atoms with E-state index in [2.05, 4.69) is 15.5 Å². The fourth-order valence-electron chi connectivity index (χ4n) is 2.82. The summed E-state index contributed by atoms with van der Waals surface area (Å²) in [5.41, 5.74) is 0.424. The second kappa shape index (κ2) is 7.12. The summed E-state index contributed by atoms with van der Waals surface area (Å²) in [6, 6.07) is 1.67. The van der Waals surface area contributed by atoms with E-state index in [9.17, 15) is 26.7 Å². The van der Waals surface area contributed by atoms with E-state index in [0.29, 0.717) is 10.5 Å². The van der Waals surface area contributed by atoms with Gasteiger partial charge < -0.3 is 14.6 Å². The van der Waals surface area contributed by atoms with Crippen LogP contribution in [0.25, 0.3) is 11.5 Å². The molecular weight excluding hydrogens is 375 g/mol. The third-order valence-corrected chi connectivity index (χ3v) is 4.14. The largest absolute Gasteiger partial charge is 0.408 e. The van der Waals surface area contributed by atoms with E-state index < -0.39 is 49.1 Å². The van der Waals surface area contributed by atoms with Crippen LogP contribution in [-0.4, -0.2) is 52.0 Å². The second-order valence-corrected chi connectivity index (χ2v) is 6.17. The van der Waals surface area contributed by atoms with Gasteiger partial charge in [-0.15, -0.1) is 5.10 Å². The van der Waals surface area contributed by atoms with Crippen LogP contribution >= 0.6 is 0 Å². The van der Waals surface area contributed by atoms with Crippen LogP contribution in [0.4, 0.5) is 28.0 Å². The molecule has 1 fully saturated rings. The molecule has 11 heteroatoms. The lowest BCUT2D eigenvalue weighted by Crippen LogP contribution is -2.49. The monoisotopic (exact) mass is 390 g/mol. The fraction of sp³-hybridized carbons (Fsp3) is 0.438. The van der Waals surface area contributed by atoms with Crippen molar-refractivity contribution in [2.75, 3.05) is 11.9 Å². The molecule has 0 saturated carbocycles. The van der Waals surface area contributed by atoms with Crippen LogP contribution in [-0.2, 0) is 4.79 Å². The second-order valence-electron chi connectivity index (χ2n) is 6.17. The molecule has 3 rings (SSSR count). The summed E-state index contributed by atoms with van der Waals surface area (Å²) in [6.07, 6.45) is -7.23. The number of carbonyl (C=O) groups is 1. The summed E-state index contributed by atoms with van der Waals surface area (Å²) >= 11 is 0. The molecule has 2 heterocycles. The summed E-state index contributed by atoms with van der Waals surface area (Å²) in [4.78, 5) is 12.8. The Labute approximate surface area is 150 Å². The summed E-state index contributed by atoms with van der Waals surface area (Å²) < 4.78 is 70.7. The molecule has 0 aliphatic carbocycles. The van der Waals surface area contributed by atoms with Gasteiger partial charge in [-0.3, -0.25) is 4.79 Å². The highest BCUT2D eigenvalue weighted by molar-refractivity contribution is 5.84. The molecule has 0 bridgehead atoms. The maximum atomic E-state index is 13.4. The SMILES string of the molecule is C[C@@H](Nc1nnc(-c2ccc(F)cc2)o1)C(=O)N1C[C@@H](F)C[C@@H]1C(F)(F)F. The highest BCUT2D eigenvalue weighted by atomic mass is 19.4. The Morgan fingerprint density at radius 3 is 2.59 bits per heavy atom. The molecule has 0 spiro atoms. The van der Waals surface area contributed by atoms with E-state index >= 15 is 0 Å². The molecule has 1 aliphatic heterocycles. The van der Waals surface area contributed by atoms with Gasteiger partial charge in [-0.05, 0) is 31.2 Å². The van der Waals surface area contributed by atoms with Crippen molar-refractivity contribution in [3.63, 3.8) is 0 Å². The summed E-state index contributed by atoms with van der Waals surface area (Å²) in [7, 11) is 0.